The monoisotopic (exact) mass is 467 g/mol. The molecule has 0 radical (unpaired) electrons. The molecule has 0 saturated heterocycles. The molecule has 1 heterocycles. The molecule has 6 nitrogen and oxygen atoms in total. The Morgan fingerprint density at radius 2 is 1.55 bits per heavy atom. The molecule has 1 unspecified atom stereocenters. The van der Waals surface area contributed by atoms with Gasteiger partial charge in [0.15, 0.2) is 23.0 Å². The molecule has 0 N–H and O–H groups in total. The first-order chi connectivity index (χ1) is 16.1. The van der Waals surface area contributed by atoms with Crippen molar-refractivity contribution in [3.63, 3.8) is 0 Å². The van der Waals surface area contributed by atoms with E-state index in [1.165, 1.54) is 0 Å². The van der Waals surface area contributed by atoms with Gasteiger partial charge in [0.05, 0.1) is 38.0 Å². The molecule has 1 aliphatic heterocycles. The maximum absolute atomic E-state index is 13.6. The van der Waals surface area contributed by atoms with Gasteiger partial charge in [0.25, 0.3) is 5.91 Å². The zero-order chi connectivity index (χ0) is 23.4. The van der Waals surface area contributed by atoms with Crippen LogP contribution in [0.4, 0.5) is 0 Å². The summed E-state index contributed by atoms with van der Waals surface area (Å²) in [4.78, 5) is 15.4. The summed E-state index contributed by atoms with van der Waals surface area (Å²) in [5.74, 6) is 2.36. The maximum Gasteiger partial charge on any atom is 0.256 e. The minimum atomic E-state index is -0.359. The van der Waals surface area contributed by atoms with Gasteiger partial charge >= 0.3 is 0 Å². The van der Waals surface area contributed by atoms with Crippen LogP contribution >= 0.6 is 11.6 Å². The Balaban J connectivity index is 1.73. The summed E-state index contributed by atoms with van der Waals surface area (Å²) in [6.45, 7) is 0.755. The third-order valence-electron chi connectivity index (χ3n) is 5.83. The fourth-order valence-electron chi connectivity index (χ4n) is 4.15. The number of carbonyl (C=O) groups is 1. The highest BCUT2D eigenvalue weighted by Gasteiger charge is 2.34. The van der Waals surface area contributed by atoms with E-state index in [1.807, 2.05) is 53.4 Å². The highest BCUT2D eigenvalue weighted by molar-refractivity contribution is 6.33. The maximum atomic E-state index is 13.6. The molecule has 3 aromatic carbocycles. The van der Waals surface area contributed by atoms with Crippen molar-refractivity contribution in [2.24, 2.45) is 0 Å². The number of rotatable bonds is 7. The quantitative estimate of drug-likeness (QED) is 0.479. The second-order valence-corrected chi connectivity index (χ2v) is 8.02. The Morgan fingerprint density at radius 3 is 2.24 bits per heavy atom. The third kappa shape index (κ3) is 4.57. The molecule has 4 rings (SSSR count). The second-order valence-electron chi connectivity index (χ2n) is 7.61. The van der Waals surface area contributed by atoms with Gasteiger partial charge in [-0.2, -0.15) is 0 Å². The minimum Gasteiger partial charge on any atom is -0.493 e. The van der Waals surface area contributed by atoms with E-state index < -0.39 is 0 Å². The number of amides is 1. The van der Waals surface area contributed by atoms with Gasteiger partial charge in [0.2, 0.25) is 0 Å². The number of halogens is 1. The van der Waals surface area contributed by atoms with E-state index in [0.29, 0.717) is 46.5 Å². The number of nitrogens with zero attached hydrogens (tertiary/aromatic N) is 1. The van der Waals surface area contributed by atoms with Crippen LogP contribution in [0.25, 0.3) is 0 Å². The van der Waals surface area contributed by atoms with E-state index in [9.17, 15) is 4.79 Å². The van der Waals surface area contributed by atoms with Crippen molar-refractivity contribution in [3.05, 3.63) is 82.4 Å². The van der Waals surface area contributed by atoms with Crippen LogP contribution in [0.5, 0.6) is 23.0 Å². The van der Waals surface area contributed by atoms with E-state index in [1.54, 1.807) is 33.5 Å². The number of carbonyl (C=O) groups excluding carboxylic acids is 1. The fraction of sp³-hybridized carbons (Fsp3) is 0.269. The Hall–Kier alpha value is -3.38. The van der Waals surface area contributed by atoms with Gasteiger partial charge in [-0.1, -0.05) is 35.9 Å². The van der Waals surface area contributed by atoms with Gasteiger partial charge in [-0.3, -0.25) is 4.79 Å². The molecule has 1 atom stereocenters. The summed E-state index contributed by atoms with van der Waals surface area (Å²) in [6, 6.07) is 18.1. The number of hydrogen-bond donors (Lipinski definition) is 0. The first-order valence-corrected chi connectivity index (χ1v) is 11.0. The van der Waals surface area contributed by atoms with E-state index >= 15 is 0 Å². The molecule has 0 bridgehead atoms. The number of fused-ring (bicyclic) bond motifs is 1. The number of methoxy groups -OCH3 is 3. The van der Waals surface area contributed by atoms with E-state index in [0.717, 1.165) is 11.1 Å². The summed E-state index contributed by atoms with van der Waals surface area (Å²) in [7, 11) is 4.81. The standard InChI is InChI=1S/C26H26ClNO5/c1-30-22-10-6-7-11-23(22)33-16-21-19-15-25(32-3)24(31-2)14-17(19)12-13-28(21)26(29)18-8-4-5-9-20(18)27/h4-11,14-15,21H,12-13,16H2,1-3H3. The van der Waals surface area contributed by atoms with Crippen LogP contribution in [0.1, 0.15) is 27.5 Å². The largest absolute Gasteiger partial charge is 0.493 e. The summed E-state index contributed by atoms with van der Waals surface area (Å²) in [5.41, 5.74) is 2.50. The third-order valence-corrected chi connectivity index (χ3v) is 6.16. The van der Waals surface area contributed by atoms with Crippen LogP contribution in [-0.2, 0) is 6.42 Å². The molecule has 1 aliphatic rings. The van der Waals surface area contributed by atoms with E-state index in [4.69, 9.17) is 30.5 Å². The lowest BCUT2D eigenvalue weighted by Gasteiger charge is -2.38. The van der Waals surface area contributed by atoms with Gasteiger partial charge in [0.1, 0.15) is 6.61 Å². The minimum absolute atomic E-state index is 0.144. The van der Waals surface area contributed by atoms with Gasteiger partial charge in [-0.15, -0.1) is 0 Å². The normalized spacial score (nSPS) is 14.9. The lowest BCUT2D eigenvalue weighted by molar-refractivity contribution is 0.0587. The van der Waals surface area contributed by atoms with Crippen LogP contribution in [0, 0.1) is 0 Å². The lowest BCUT2D eigenvalue weighted by Crippen LogP contribution is -2.42. The van der Waals surface area contributed by atoms with Gasteiger partial charge in [-0.05, 0) is 53.9 Å². The molecule has 0 fully saturated rings. The Bertz CT molecular complexity index is 1150. The molecule has 33 heavy (non-hydrogen) atoms. The smallest absolute Gasteiger partial charge is 0.256 e. The van der Waals surface area contributed by atoms with Gasteiger partial charge < -0.3 is 23.8 Å². The van der Waals surface area contributed by atoms with Gasteiger partial charge in [0, 0.05) is 6.54 Å². The van der Waals surface area contributed by atoms with Crippen molar-refractivity contribution in [2.45, 2.75) is 12.5 Å². The first kappa shape index (κ1) is 22.8. The Labute approximate surface area is 198 Å². The summed E-state index contributed by atoms with van der Waals surface area (Å²) in [6.07, 6.45) is 0.678. The van der Waals surface area contributed by atoms with Crippen molar-refractivity contribution in [1.29, 1.82) is 0 Å². The van der Waals surface area contributed by atoms with Crippen LogP contribution in [0.2, 0.25) is 5.02 Å². The number of para-hydroxylation sites is 2. The van der Waals surface area contributed by atoms with Crippen molar-refractivity contribution in [1.82, 2.24) is 4.90 Å². The molecule has 1 amide bonds. The predicted octanol–water partition coefficient (Wildman–Crippen LogP) is 5.18. The summed E-state index contributed by atoms with van der Waals surface area (Å²) >= 11 is 6.35. The highest BCUT2D eigenvalue weighted by Crippen LogP contribution is 2.39. The molecule has 0 saturated carbocycles. The zero-order valence-corrected chi connectivity index (χ0v) is 19.6. The molecule has 0 aromatic heterocycles. The molecule has 0 spiro atoms. The first-order valence-electron chi connectivity index (χ1n) is 10.6. The van der Waals surface area contributed by atoms with Crippen LogP contribution in [-0.4, -0.2) is 45.3 Å². The number of ether oxygens (including phenoxy) is 4. The lowest BCUT2D eigenvalue weighted by atomic mass is 9.91. The number of benzene rings is 3. The van der Waals surface area contributed by atoms with Crippen molar-refractivity contribution >= 4 is 17.5 Å². The van der Waals surface area contributed by atoms with Crippen LogP contribution in [0.3, 0.4) is 0 Å². The van der Waals surface area contributed by atoms with Crippen molar-refractivity contribution in [2.75, 3.05) is 34.5 Å². The van der Waals surface area contributed by atoms with Crippen molar-refractivity contribution in [3.8, 4) is 23.0 Å². The summed E-state index contributed by atoms with van der Waals surface area (Å²) in [5, 5.41) is 0.421. The molecule has 3 aromatic rings. The van der Waals surface area contributed by atoms with Crippen LogP contribution in [0.15, 0.2) is 60.7 Å². The SMILES string of the molecule is COc1cc2c(cc1OC)C(COc1ccccc1OC)N(C(=O)c1ccccc1Cl)CC2. The van der Waals surface area contributed by atoms with Gasteiger partial charge in [-0.25, -0.2) is 0 Å². The molecule has 0 aliphatic carbocycles. The Morgan fingerprint density at radius 1 is 0.909 bits per heavy atom. The molecule has 172 valence electrons. The summed E-state index contributed by atoms with van der Waals surface area (Å²) < 4.78 is 22.6. The highest BCUT2D eigenvalue weighted by atomic mass is 35.5. The Kier molecular flexibility index (Phi) is 6.94. The van der Waals surface area contributed by atoms with Crippen LogP contribution < -0.4 is 18.9 Å². The van der Waals surface area contributed by atoms with E-state index in [-0.39, 0.29) is 18.6 Å². The average molecular weight is 468 g/mol. The van der Waals surface area contributed by atoms with Crippen molar-refractivity contribution < 1.29 is 23.7 Å². The fourth-order valence-corrected chi connectivity index (χ4v) is 4.36. The average Bonchev–Trinajstić information content (AvgIpc) is 2.86. The van der Waals surface area contributed by atoms with E-state index in [2.05, 4.69) is 0 Å². The molecular formula is C26H26ClNO5. The number of hydrogen-bond acceptors (Lipinski definition) is 5. The topological polar surface area (TPSA) is 57.2 Å². The predicted molar refractivity (Wildman–Crippen MR) is 127 cm³/mol. The zero-order valence-electron chi connectivity index (χ0n) is 18.8. The second kappa shape index (κ2) is 10.0. The molecule has 7 heteroatoms. The molecular weight excluding hydrogens is 442 g/mol.